The SMILES string of the molecule is CN(C(=O)C(CCC1CC2CCC(C1)N(Cc1ccc(C(C)(C)C)cc1)C2)Cc1ccc(C2(C)CCOCC2)c(F)c1)C1CCOCC1. The normalized spacial score (nSPS) is 25.8. The van der Waals surface area contributed by atoms with Gasteiger partial charge in [-0.1, -0.05) is 64.1 Å². The Morgan fingerprint density at radius 1 is 0.958 bits per heavy atom. The van der Waals surface area contributed by atoms with Crippen LogP contribution in [0.1, 0.15) is 114 Å². The van der Waals surface area contributed by atoms with Crippen LogP contribution in [0.5, 0.6) is 0 Å². The zero-order valence-electron chi connectivity index (χ0n) is 30.4. The van der Waals surface area contributed by atoms with E-state index in [-0.39, 0.29) is 34.5 Å². The number of rotatable bonds is 10. The van der Waals surface area contributed by atoms with Gasteiger partial charge < -0.3 is 14.4 Å². The monoisotopic (exact) mass is 660 g/mol. The molecule has 2 aromatic carbocycles. The number of nitrogens with zero attached hydrogens (tertiary/aromatic N) is 2. The molecule has 6 heteroatoms. The first kappa shape index (κ1) is 35.5. The third kappa shape index (κ3) is 8.53. The highest BCUT2D eigenvalue weighted by Crippen LogP contribution is 2.40. The number of halogens is 1. The standard InChI is InChI=1S/C42H61FN2O3/c1-41(2,3)35-12-7-30(8-13-35)28-45-29-33-9-14-37(45)26-31(24-33)6-11-34(40(46)44(5)36-16-20-47-21-17-36)25-32-10-15-38(39(43)27-32)42(4)18-22-48-23-19-42/h7-8,10,12-13,15,27,31,33-34,36-37H,6,9,11,14,16-26,28-29H2,1-5H3. The van der Waals surface area contributed by atoms with Crippen LogP contribution in [-0.2, 0) is 38.1 Å². The maximum Gasteiger partial charge on any atom is 0.226 e. The smallest absolute Gasteiger partial charge is 0.226 e. The van der Waals surface area contributed by atoms with Crippen molar-refractivity contribution in [3.8, 4) is 0 Å². The molecule has 2 bridgehead atoms. The van der Waals surface area contributed by atoms with Gasteiger partial charge in [-0.2, -0.15) is 0 Å². The van der Waals surface area contributed by atoms with Gasteiger partial charge in [0, 0.05) is 64.6 Å². The fourth-order valence-corrected chi connectivity index (χ4v) is 9.21. The molecule has 4 heterocycles. The van der Waals surface area contributed by atoms with E-state index >= 15 is 4.39 Å². The Hall–Kier alpha value is -2.28. The molecular weight excluding hydrogens is 599 g/mol. The van der Waals surface area contributed by atoms with E-state index in [2.05, 4.69) is 62.9 Å². The number of fused-ring (bicyclic) bond motifs is 4. The number of piperidine rings is 1. The van der Waals surface area contributed by atoms with Crippen LogP contribution in [-0.4, -0.2) is 67.8 Å². The van der Waals surface area contributed by atoms with Crippen LogP contribution in [0.25, 0.3) is 0 Å². The Balaban J connectivity index is 1.13. The van der Waals surface area contributed by atoms with Gasteiger partial charge in [0.2, 0.25) is 5.91 Å². The predicted octanol–water partition coefficient (Wildman–Crippen LogP) is 8.46. The third-order valence-electron chi connectivity index (χ3n) is 12.5. The molecule has 1 aliphatic carbocycles. The van der Waals surface area contributed by atoms with Crippen LogP contribution in [0.3, 0.4) is 0 Å². The van der Waals surface area contributed by atoms with Crippen LogP contribution < -0.4 is 0 Å². The van der Waals surface area contributed by atoms with Crippen LogP contribution in [0.15, 0.2) is 42.5 Å². The average Bonchev–Trinajstić information content (AvgIpc) is 3.37. The predicted molar refractivity (Wildman–Crippen MR) is 192 cm³/mol. The van der Waals surface area contributed by atoms with Crippen molar-refractivity contribution in [3.63, 3.8) is 0 Å². The lowest BCUT2D eigenvalue weighted by Crippen LogP contribution is -2.44. The lowest BCUT2D eigenvalue weighted by atomic mass is 9.75. The molecule has 264 valence electrons. The van der Waals surface area contributed by atoms with Crippen LogP contribution >= 0.6 is 0 Å². The molecule has 48 heavy (non-hydrogen) atoms. The highest BCUT2D eigenvalue weighted by atomic mass is 19.1. The van der Waals surface area contributed by atoms with Crippen molar-refractivity contribution in [2.75, 3.05) is 40.0 Å². The number of amides is 1. The number of hydrogen-bond acceptors (Lipinski definition) is 4. The molecule has 4 unspecified atom stereocenters. The summed E-state index contributed by atoms with van der Waals surface area (Å²) in [5, 5.41) is 0. The molecule has 5 nitrogen and oxygen atoms in total. The van der Waals surface area contributed by atoms with Crippen molar-refractivity contribution >= 4 is 5.91 Å². The summed E-state index contributed by atoms with van der Waals surface area (Å²) in [6.45, 7) is 14.0. The summed E-state index contributed by atoms with van der Waals surface area (Å²) < 4.78 is 26.9. The van der Waals surface area contributed by atoms with Gasteiger partial charge in [0.25, 0.3) is 0 Å². The summed E-state index contributed by atoms with van der Waals surface area (Å²) >= 11 is 0. The Bertz CT molecular complexity index is 1360. The number of carbonyl (C=O) groups is 1. The third-order valence-corrected chi connectivity index (χ3v) is 12.5. The zero-order chi connectivity index (χ0) is 33.9. The second-order valence-corrected chi connectivity index (χ2v) is 17.1. The van der Waals surface area contributed by atoms with E-state index in [0.717, 1.165) is 62.1 Å². The quantitative estimate of drug-likeness (QED) is 0.257. The number of benzene rings is 2. The topological polar surface area (TPSA) is 42.0 Å². The first-order chi connectivity index (χ1) is 23.0. The molecule has 5 fully saturated rings. The second-order valence-electron chi connectivity index (χ2n) is 17.1. The van der Waals surface area contributed by atoms with Gasteiger partial charge in [0.1, 0.15) is 5.82 Å². The molecule has 2 aromatic rings. The molecular formula is C42H61FN2O3. The van der Waals surface area contributed by atoms with E-state index in [4.69, 9.17) is 9.47 Å². The number of ether oxygens (including phenoxy) is 2. The van der Waals surface area contributed by atoms with Gasteiger partial charge in [0.05, 0.1) is 0 Å². The Kier molecular flexibility index (Phi) is 11.3. The largest absolute Gasteiger partial charge is 0.381 e. The van der Waals surface area contributed by atoms with Crippen molar-refractivity contribution in [1.29, 1.82) is 0 Å². The molecule has 4 atom stereocenters. The lowest BCUT2D eigenvalue weighted by Gasteiger charge is -2.37. The maximum absolute atomic E-state index is 15.7. The van der Waals surface area contributed by atoms with Crippen LogP contribution in [0, 0.1) is 23.6 Å². The van der Waals surface area contributed by atoms with Crippen molar-refractivity contribution in [2.45, 2.75) is 128 Å². The molecule has 0 spiro atoms. The van der Waals surface area contributed by atoms with E-state index in [1.807, 2.05) is 18.0 Å². The molecule has 7 rings (SSSR count). The van der Waals surface area contributed by atoms with Gasteiger partial charge >= 0.3 is 0 Å². The summed E-state index contributed by atoms with van der Waals surface area (Å²) in [6, 6.07) is 15.9. The number of hydrogen-bond donors (Lipinski definition) is 0. The van der Waals surface area contributed by atoms with Crippen LogP contribution in [0.2, 0.25) is 0 Å². The molecule has 4 aliphatic heterocycles. The summed E-state index contributed by atoms with van der Waals surface area (Å²) in [4.78, 5) is 18.9. The summed E-state index contributed by atoms with van der Waals surface area (Å²) in [6.07, 6.45) is 11.1. The maximum atomic E-state index is 15.7. The Morgan fingerprint density at radius 3 is 2.33 bits per heavy atom. The fourth-order valence-electron chi connectivity index (χ4n) is 9.21. The summed E-state index contributed by atoms with van der Waals surface area (Å²) in [7, 11) is 1.98. The Labute approximate surface area is 289 Å². The molecule has 0 radical (unpaired) electrons. The van der Waals surface area contributed by atoms with Crippen molar-refractivity contribution < 1.29 is 18.7 Å². The molecule has 5 aliphatic rings. The molecule has 0 N–H and O–H groups in total. The minimum absolute atomic E-state index is 0.130. The summed E-state index contributed by atoms with van der Waals surface area (Å²) in [5.41, 5.74) is 4.52. The molecule has 1 saturated carbocycles. The van der Waals surface area contributed by atoms with Crippen molar-refractivity contribution in [2.24, 2.45) is 17.8 Å². The number of carbonyl (C=O) groups excluding carboxylic acids is 1. The minimum Gasteiger partial charge on any atom is -0.381 e. The van der Waals surface area contributed by atoms with Crippen molar-refractivity contribution in [1.82, 2.24) is 9.80 Å². The van der Waals surface area contributed by atoms with E-state index in [0.29, 0.717) is 44.8 Å². The molecule has 4 saturated heterocycles. The van der Waals surface area contributed by atoms with E-state index < -0.39 is 0 Å². The Morgan fingerprint density at radius 2 is 1.65 bits per heavy atom. The first-order valence-electron chi connectivity index (χ1n) is 19.0. The fraction of sp³-hybridized carbons (Fsp3) is 0.690. The van der Waals surface area contributed by atoms with Gasteiger partial charge in [-0.15, -0.1) is 0 Å². The van der Waals surface area contributed by atoms with Gasteiger partial charge in [-0.05, 0) is 122 Å². The van der Waals surface area contributed by atoms with E-state index in [1.54, 1.807) is 6.07 Å². The van der Waals surface area contributed by atoms with E-state index in [1.165, 1.54) is 43.4 Å². The summed E-state index contributed by atoms with van der Waals surface area (Å²) in [5.74, 6) is 1.32. The minimum atomic E-state index is -0.193. The second kappa shape index (κ2) is 15.3. The molecule has 0 aromatic heterocycles. The van der Waals surface area contributed by atoms with E-state index in [9.17, 15) is 4.79 Å². The van der Waals surface area contributed by atoms with Crippen LogP contribution in [0.4, 0.5) is 4.39 Å². The van der Waals surface area contributed by atoms with Gasteiger partial charge in [-0.3, -0.25) is 9.69 Å². The van der Waals surface area contributed by atoms with Crippen molar-refractivity contribution in [3.05, 3.63) is 70.5 Å². The zero-order valence-corrected chi connectivity index (χ0v) is 30.4. The molecule has 1 amide bonds. The first-order valence-corrected chi connectivity index (χ1v) is 19.0. The van der Waals surface area contributed by atoms with Gasteiger partial charge in [0.15, 0.2) is 0 Å². The lowest BCUT2D eigenvalue weighted by molar-refractivity contribution is -0.138. The highest BCUT2D eigenvalue weighted by molar-refractivity contribution is 5.79. The average molecular weight is 661 g/mol. The highest BCUT2D eigenvalue weighted by Gasteiger charge is 2.37. The van der Waals surface area contributed by atoms with Gasteiger partial charge in [-0.25, -0.2) is 4.39 Å².